The molecule has 0 fully saturated rings. The molecule has 0 amide bonds. The number of hydrogen-bond donors (Lipinski definition) is 1. The molecule has 0 aliphatic carbocycles. The number of carbonyl (C=O) groups excluding carboxylic acids is 1. The molecule has 1 aromatic carbocycles. The van der Waals surface area contributed by atoms with Crippen molar-refractivity contribution in [2.75, 3.05) is 24.2 Å². The minimum absolute atomic E-state index is 0.186. The molecule has 0 spiro atoms. The minimum atomic E-state index is -4.41. The van der Waals surface area contributed by atoms with Crippen LogP contribution < -0.4 is 4.72 Å². The van der Waals surface area contributed by atoms with Crippen LogP contribution in [0.15, 0.2) is 24.3 Å². The van der Waals surface area contributed by atoms with E-state index in [0.29, 0.717) is 5.69 Å². The van der Waals surface area contributed by atoms with Gasteiger partial charge in [0.25, 0.3) is 0 Å². The average Bonchev–Trinajstić information content (AvgIpc) is 2.32. The number of nitrogens with one attached hydrogen (secondary N) is 1. The van der Waals surface area contributed by atoms with E-state index in [-0.39, 0.29) is 24.4 Å². The lowest BCUT2D eigenvalue weighted by atomic mass is 10.1. The molecule has 0 aliphatic rings. The van der Waals surface area contributed by atoms with E-state index in [1.54, 1.807) is 0 Å². The number of Topliss-reactive ketones (excluding diaryl/α,β-unsaturated/α-hetero) is 1. The summed E-state index contributed by atoms with van der Waals surface area (Å²) >= 11 is 0. The van der Waals surface area contributed by atoms with Gasteiger partial charge in [0.1, 0.15) is 6.61 Å². The van der Waals surface area contributed by atoms with Crippen LogP contribution in [0.2, 0.25) is 0 Å². The molecular formula is C12H14F3NO4S. The Balaban J connectivity index is 2.48. The van der Waals surface area contributed by atoms with Crippen LogP contribution in [0.25, 0.3) is 0 Å². The Labute approximate surface area is 120 Å². The second-order valence-electron chi connectivity index (χ2n) is 4.29. The van der Waals surface area contributed by atoms with E-state index in [4.69, 9.17) is 0 Å². The number of ether oxygens (including phenoxy) is 1. The van der Waals surface area contributed by atoms with E-state index >= 15 is 0 Å². The van der Waals surface area contributed by atoms with Crippen molar-refractivity contribution in [2.45, 2.75) is 12.6 Å². The Morgan fingerprint density at radius 1 is 1.24 bits per heavy atom. The van der Waals surface area contributed by atoms with Gasteiger partial charge in [-0.2, -0.15) is 13.2 Å². The van der Waals surface area contributed by atoms with Gasteiger partial charge in [0, 0.05) is 17.7 Å². The molecular weight excluding hydrogens is 311 g/mol. The smallest absolute Gasteiger partial charge is 0.372 e. The maximum absolute atomic E-state index is 11.8. The number of rotatable bonds is 7. The zero-order chi connectivity index (χ0) is 16.1. The third-order valence-corrected chi connectivity index (χ3v) is 2.86. The van der Waals surface area contributed by atoms with Gasteiger partial charge in [-0.05, 0) is 24.3 Å². The molecule has 0 heterocycles. The highest BCUT2D eigenvalue weighted by Gasteiger charge is 2.27. The first-order valence-electron chi connectivity index (χ1n) is 5.82. The van der Waals surface area contributed by atoms with Crippen molar-refractivity contribution in [3.8, 4) is 0 Å². The predicted molar refractivity (Wildman–Crippen MR) is 70.7 cm³/mol. The summed E-state index contributed by atoms with van der Waals surface area (Å²) in [5.41, 5.74) is 0.562. The van der Waals surface area contributed by atoms with Crippen LogP contribution in [0.1, 0.15) is 16.8 Å². The van der Waals surface area contributed by atoms with E-state index < -0.39 is 22.8 Å². The lowest BCUT2D eigenvalue weighted by molar-refractivity contribution is -0.173. The summed E-state index contributed by atoms with van der Waals surface area (Å²) in [7, 11) is -3.40. The number of halogens is 3. The highest BCUT2D eigenvalue weighted by molar-refractivity contribution is 7.92. The average molecular weight is 325 g/mol. The Hall–Kier alpha value is -1.61. The van der Waals surface area contributed by atoms with E-state index in [9.17, 15) is 26.4 Å². The fourth-order valence-corrected chi connectivity index (χ4v) is 2.00. The predicted octanol–water partition coefficient (Wildman–Crippen LogP) is 2.21. The summed E-state index contributed by atoms with van der Waals surface area (Å²) in [4.78, 5) is 11.7. The Morgan fingerprint density at radius 2 is 1.81 bits per heavy atom. The van der Waals surface area contributed by atoms with Gasteiger partial charge in [-0.25, -0.2) is 8.42 Å². The van der Waals surface area contributed by atoms with Crippen molar-refractivity contribution in [1.82, 2.24) is 0 Å². The largest absolute Gasteiger partial charge is 0.411 e. The van der Waals surface area contributed by atoms with Crippen LogP contribution in [-0.2, 0) is 14.8 Å². The molecule has 1 rings (SSSR count). The van der Waals surface area contributed by atoms with Crippen molar-refractivity contribution in [3.63, 3.8) is 0 Å². The SMILES string of the molecule is CS(=O)(=O)Nc1ccc(C(=O)CCOCC(F)(F)F)cc1. The molecule has 0 saturated carbocycles. The monoisotopic (exact) mass is 325 g/mol. The third-order valence-electron chi connectivity index (χ3n) is 2.25. The summed E-state index contributed by atoms with van der Waals surface area (Å²) in [5, 5.41) is 0. The highest BCUT2D eigenvalue weighted by atomic mass is 32.2. The quantitative estimate of drug-likeness (QED) is 0.616. The second-order valence-corrected chi connectivity index (χ2v) is 6.04. The second kappa shape index (κ2) is 6.90. The standard InChI is InChI=1S/C12H14F3NO4S/c1-21(18,19)16-10-4-2-9(3-5-10)11(17)6-7-20-8-12(13,14)15/h2-5,16H,6-8H2,1H3. The molecule has 0 aliphatic heterocycles. The summed E-state index contributed by atoms with van der Waals surface area (Å²) in [5.74, 6) is -0.386. The van der Waals surface area contributed by atoms with E-state index in [2.05, 4.69) is 9.46 Å². The normalized spacial score (nSPS) is 12.2. The van der Waals surface area contributed by atoms with Gasteiger partial charge < -0.3 is 4.74 Å². The highest BCUT2D eigenvalue weighted by Crippen LogP contribution is 2.15. The molecule has 0 saturated heterocycles. The number of alkyl halides is 3. The Kier molecular flexibility index (Phi) is 5.73. The number of carbonyl (C=O) groups is 1. The van der Waals surface area contributed by atoms with Crippen molar-refractivity contribution in [3.05, 3.63) is 29.8 Å². The van der Waals surface area contributed by atoms with Gasteiger partial charge in [0.05, 0.1) is 12.9 Å². The fourth-order valence-electron chi connectivity index (χ4n) is 1.44. The van der Waals surface area contributed by atoms with Crippen molar-refractivity contribution in [2.24, 2.45) is 0 Å². The third kappa shape index (κ3) is 7.66. The summed E-state index contributed by atoms with van der Waals surface area (Å²) in [6.45, 7) is -1.72. The summed E-state index contributed by atoms with van der Waals surface area (Å²) < 4.78 is 64.0. The van der Waals surface area contributed by atoms with E-state index in [0.717, 1.165) is 6.26 Å². The number of anilines is 1. The zero-order valence-electron chi connectivity index (χ0n) is 11.1. The Morgan fingerprint density at radius 3 is 2.29 bits per heavy atom. The number of benzene rings is 1. The van der Waals surface area contributed by atoms with Gasteiger partial charge >= 0.3 is 6.18 Å². The molecule has 118 valence electrons. The van der Waals surface area contributed by atoms with Gasteiger partial charge in [0.15, 0.2) is 5.78 Å². The molecule has 0 aromatic heterocycles. The molecule has 9 heteroatoms. The molecule has 1 N–H and O–H groups in total. The summed E-state index contributed by atoms with van der Waals surface area (Å²) in [6.07, 6.45) is -3.61. The number of sulfonamides is 1. The molecule has 5 nitrogen and oxygen atoms in total. The maximum atomic E-state index is 11.8. The molecule has 0 radical (unpaired) electrons. The van der Waals surface area contributed by atoms with Crippen molar-refractivity contribution < 1.29 is 31.1 Å². The maximum Gasteiger partial charge on any atom is 0.411 e. The molecule has 1 aromatic rings. The Bertz CT molecular complexity index is 582. The summed E-state index contributed by atoms with van der Waals surface area (Å²) in [6, 6.07) is 5.56. The number of hydrogen-bond acceptors (Lipinski definition) is 4. The van der Waals surface area contributed by atoms with Crippen LogP contribution in [0.5, 0.6) is 0 Å². The molecule has 0 bridgehead atoms. The van der Waals surface area contributed by atoms with Gasteiger partial charge in [-0.3, -0.25) is 9.52 Å². The first-order chi connectivity index (χ1) is 9.57. The molecule has 0 atom stereocenters. The van der Waals surface area contributed by atoms with Crippen LogP contribution in [-0.4, -0.2) is 39.8 Å². The van der Waals surface area contributed by atoms with Gasteiger partial charge in [-0.15, -0.1) is 0 Å². The molecule has 21 heavy (non-hydrogen) atoms. The van der Waals surface area contributed by atoms with Crippen LogP contribution >= 0.6 is 0 Å². The van der Waals surface area contributed by atoms with Crippen molar-refractivity contribution >= 4 is 21.5 Å². The zero-order valence-corrected chi connectivity index (χ0v) is 11.9. The van der Waals surface area contributed by atoms with E-state index in [1.807, 2.05) is 0 Å². The van der Waals surface area contributed by atoms with Crippen LogP contribution in [0, 0.1) is 0 Å². The first kappa shape index (κ1) is 17.4. The fraction of sp³-hybridized carbons (Fsp3) is 0.417. The molecule has 0 unspecified atom stereocenters. The number of ketones is 1. The minimum Gasteiger partial charge on any atom is -0.372 e. The van der Waals surface area contributed by atoms with Gasteiger partial charge in [0.2, 0.25) is 10.0 Å². The van der Waals surface area contributed by atoms with Crippen LogP contribution in [0.4, 0.5) is 18.9 Å². The van der Waals surface area contributed by atoms with E-state index in [1.165, 1.54) is 24.3 Å². The first-order valence-corrected chi connectivity index (χ1v) is 7.71. The lowest BCUT2D eigenvalue weighted by Crippen LogP contribution is -2.18. The topological polar surface area (TPSA) is 72.5 Å². The van der Waals surface area contributed by atoms with Gasteiger partial charge in [-0.1, -0.05) is 0 Å². The van der Waals surface area contributed by atoms with Crippen molar-refractivity contribution in [1.29, 1.82) is 0 Å². The lowest BCUT2D eigenvalue weighted by Gasteiger charge is -2.07. The van der Waals surface area contributed by atoms with Crippen LogP contribution in [0.3, 0.4) is 0 Å².